The lowest BCUT2D eigenvalue weighted by molar-refractivity contribution is -0.138. The van der Waals surface area contributed by atoms with Crippen molar-refractivity contribution in [3.63, 3.8) is 0 Å². The predicted molar refractivity (Wildman–Crippen MR) is 78.4 cm³/mol. The van der Waals surface area contributed by atoms with Crippen LogP contribution in [0.1, 0.15) is 71.6 Å². The van der Waals surface area contributed by atoms with Crippen molar-refractivity contribution >= 4 is 17.5 Å². The number of hydrogen-bond donors (Lipinski definition) is 0. The van der Waals surface area contributed by atoms with Crippen LogP contribution in [0.2, 0.25) is 0 Å². The molecule has 0 radical (unpaired) electrons. The quantitative estimate of drug-likeness (QED) is 0.457. The minimum Gasteiger partial charge on any atom is -0.333 e. The van der Waals surface area contributed by atoms with Gasteiger partial charge in [0, 0.05) is 19.4 Å². The van der Waals surface area contributed by atoms with Crippen LogP contribution in [0.3, 0.4) is 0 Å². The maximum absolute atomic E-state index is 12.2. The second-order valence-electron chi connectivity index (χ2n) is 5.61. The summed E-state index contributed by atoms with van der Waals surface area (Å²) in [4.78, 5) is 37.4. The SMILES string of the molecule is CCCCCCC(=O)CC(=O)[C@H](CC)N1CCCC1=O. The van der Waals surface area contributed by atoms with Gasteiger partial charge in [-0.15, -0.1) is 0 Å². The van der Waals surface area contributed by atoms with Crippen LogP contribution in [0, 0.1) is 0 Å². The standard InChI is InChI=1S/C16H27NO3/c1-3-5-6-7-9-13(18)12-15(19)14(4-2)17-11-8-10-16(17)20/h14H,3-12H2,1-2H3/t14-/m0/s1. The van der Waals surface area contributed by atoms with Gasteiger partial charge in [-0.2, -0.15) is 0 Å². The number of unbranched alkanes of at least 4 members (excludes halogenated alkanes) is 3. The maximum Gasteiger partial charge on any atom is 0.223 e. The van der Waals surface area contributed by atoms with Crippen LogP contribution in [-0.2, 0) is 14.4 Å². The van der Waals surface area contributed by atoms with Crippen molar-refractivity contribution in [2.24, 2.45) is 0 Å². The van der Waals surface area contributed by atoms with Gasteiger partial charge in [-0.05, 0) is 19.3 Å². The zero-order valence-electron chi connectivity index (χ0n) is 12.8. The van der Waals surface area contributed by atoms with E-state index in [1.54, 1.807) is 4.90 Å². The van der Waals surface area contributed by atoms with Crippen molar-refractivity contribution < 1.29 is 14.4 Å². The average molecular weight is 281 g/mol. The normalized spacial score (nSPS) is 16.5. The molecule has 0 unspecified atom stereocenters. The molecule has 0 aromatic heterocycles. The number of amides is 1. The van der Waals surface area contributed by atoms with Crippen molar-refractivity contribution in [1.82, 2.24) is 4.90 Å². The monoisotopic (exact) mass is 281 g/mol. The van der Waals surface area contributed by atoms with Crippen molar-refractivity contribution in [2.45, 2.75) is 77.7 Å². The molecule has 0 N–H and O–H groups in total. The average Bonchev–Trinajstić information content (AvgIpc) is 2.82. The first-order chi connectivity index (χ1) is 9.60. The zero-order chi connectivity index (χ0) is 15.0. The maximum atomic E-state index is 12.2. The number of Topliss-reactive ketones (excluding diaryl/α,β-unsaturated/α-hetero) is 2. The summed E-state index contributed by atoms with van der Waals surface area (Å²) >= 11 is 0. The third-order valence-corrected chi connectivity index (χ3v) is 3.93. The largest absolute Gasteiger partial charge is 0.333 e. The fourth-order valence-electron chi connectivity index (χ4n) is 2.77. The molecular formula is C16H27NO3. The summed E-state index contributed by atoms with van der Waals surface area (Å²) in [7, 11) is 0. The summed E-state index contributed by atoms with van der Waals surface area (Å²) in [6, 6.07) is -0.385. The van der Waals surface area contributed by atoms with Gasteiger partial charge in [0.1, 0.15) is 5.78 Å². The van der Waals surface area contributed by atoms with Gasteiger partial charge in [0.15, 0.2) is 5.78 Å². The molecule has 1 amide bonds. The third kappa shape index (κ3) is 5.06. The van der Waals surface area contributed by atoms with Crippen LogP contribution in [0.15, 0.2) is 0 Å². The van der Waals surface area contributed by atoms with E-state index in [9.17, 15) is 14.4 Å². The summed E-state index contributed by atoms with van der Waals surface area (Å²) in [5.74, 6) is 0.0000327. The van der Waals surface area contributed by atoms with Gasteiger partial charge in [-0.1, -0.05) is 33.1 Å². The Morgan fingerprint density at radius 1 is 1.20 bits per heavy atom. The van der Waals surface area contributed by atoms with Gasteiger partial charge in [-0.25, -0.2) is 0 Å². The Bertz CT molecular complexity index is 352. The van der Waals surface area contributed by atoms with Crippen LogP contribution < -0.4 is 0 Å². The molecule has 1 heterocycles. The number of carbonyl (C=O) groups excluding carboxylic acids is 3. The molecule has 1 saturated heterocycles. The molecular weight excluding hydrogens is 254 g/mol. The first-order valence-electron chi connectivity index (χ1n) is 7.94. The number of hydrogen-bond acceptors (Lipinski definition) is 3. The summed E-state index contributed by atoms with van der Waals surface area (Å²) in [5.41, 5.74) is 0. The van der Waals surface area contributed by atoms with E-state index in [0.717, 1.165) is 32.1 Å². The Morgan fingerprint density at radius 3 is 2.50 bits per heavy atom. The van der Waals surface area contributed by atoms with Crippen LogP contribution in [-0.4, -0.2) is 35.0 Å². The Kier molecular flexibility index (Phi) is 7.48. The highest BCUT2D eigenvalue weighted by Crippen LogP contribution is 2.18. The predicted octanol–water partition coefficient (Wildman–Crippen LogP) is 2.89. The van der Waals surface area contributed by atoms with E-state index in [4.69, 9.17) is 0 Å². The van der Waals surface area contributed by atoms with Gasteiger partial charge in [0.25, 0.3) is 0 Å². The van der Waals surface area contributed by atoms with Crippen LogP contribution >= 0.6 is 0 Å². The molecule has 1 aliphatic heterocycles. The minimum atomic E-state index is -0.385. The topological polar surface area (TPSA) is 54.5 Å². The summed E-state index contributed by atoms with van der Waals surface area (Å²) < 4.78 is 0. The molecule has 4 nitrogen and oxygen atoms in total. The van der Waals surface area contributed by atoms with Crippen LogP contribution in [0.25, 0.3) is 0 Å². The van der Waals surface area contributed by atoms with Crippen LogP contribution in [0.5, 0.6) is 0 Å². The van der Waals surface area contributed by atoms with E-state index in [1.807, 2.05) is 6.92 Å². The van der Waals surface area contributed by atoms with E-state index >= 15 is 0 Å². The molecule has 1 atom stereocenters. The van der Waals surface area contributed by atoms with Gasteiger partial charge in [-0.3, -0.25) is 14.4 Å². The number of likely N-dealkylation sites (tertiary alicyclic amines) is 1. The zero-order valence-corrected chi connectivity index (χ0v) is 12.8. The molecule has 0 aromatic rings. The molecule has 20 heavy (non-hydrogen) atoms. The second-order valence-corrected chi connectivity index (χ2v) is 5.61. The molecule has 1 rings (SSSR count). The van der Waals surface area contributed by atoms with Gasteiger partial charge in [0.05, 0.1) is 12.5 Å². The van der Waals surface area contributed by atoms with E-state index in [1.165, 1.54) is 0 Å². The fraction of sp³-hybridized carbons (Fsp3) is 0.812. The first kappa shape index (κ1) is 16.9. The molecule has 0 bridgehead atoms. The van der Waals surface area contributed by atoms with Crippen LogP contribution in [0.4, 0.5) is 0 Å². The highest BCUT2D eigenvalue weighted by molar-refractivity contribution is 6.02. The minimum absolute atomic E-state index is 0.00554. The summed E-state index contributed by atoms with van der Waals surface area (Å²) in [6.07, 6.45) is 6.67. The van der Waals surface area contributed by atoms with Crippen molar-refractivity contribution in [3.05, 3.63) is 0 Å². The Labute approximate surface area is 121 Å². The first-order valence-corrected chi connectivity index (χ1v) is 7.94. The second kappa shape index (κ2) is 8.88. The lowest BCUT2D eigenvalue weighted by atomic mass is 10.0. The third-order valence-electron chi connectivity index (χ3n) is 3.93. The molecule has 0 saturated carbocycles. The van der Waals surface area contributed by atoms with E-state index < -0.39 is 0 Å². The van der Waals surface area contributed by atoms with Gasteiger partial charge < -0.3 is 4.90 Å². The lowest BCUT2D eigenvalue weighted by Gasteiger charge is -2.25. The van der Waals surface area contributed by atoms with E-state index in [2.05, 4.69) is 6.92 Å². The highest BCUT2D eigenvalue weighted by atomic mass is 16.2. The molecule has 0 spiro atoms. The molecule has 1 aliphatic rings. The van der Waals surface area contributed by atoms with E-state index in [0.29, 0.717) is 25.8 Å². The van der Waals surface area contributed by atoms with Crippen molar-refractivity contribution in [2.75, 3.05) is 6.54 Å². The Hall–Kier alpha value is -1.19. The number of rotatable bonds is 10. The summed E-state index contributed by atoms with van der Waals surface area (Å²) in [5, 5.41) is 0. The molecule has 0 aromatic carbocycles. The highest BCUT2D eigenvalue weighted by Gasteiger charge is 2.31. The number of carbonyl (C=O) groups is 3. The Balaban J connectivity index is 2.39. The molecule has 4 heteroatoms. The van der Waals surface area contributed by atoms with Crippen molar-refractivity contribution in [3.8, 4) is 0 Å². The number of nitrogens with zero attached hydrogens (tertiary/aromatic N) is 1. The fourth-order valence-corrected chi connectivity index (χ4v) is 2.77. The Morgan fingerprint density at radius 2 is 1.95 bits per heavy atom. The molecule has 0 aliphatic carbocycles. The molecule has 114 valence electrons. The number of ketones is 2. The van der Waals surface area contributed by atoms with Crippen molar-refractivity contribution in [1.29, 1.82) is 0 Å². The van der Waals surface area contributed by atoms with E-state index in [-0.39, 0.29) is 29.9 Å². The molecule has 1 fully saturated rings. The lowest BCUT2D eigenvalue weighted by Crippen LogP contribution is -2.42. The smallest absolute Gasteiger partial charge is 0.223 e. The van der Waals surface area contributed by atoms with Gasteiger partial charge >= 0.3 is 0 Å². The summed E-state index contributed by atoms with van der Waals surface area (Å²) in [6.45, 7) is 4.69. The van der Waals surface area contributed by atoms with Gasteiger partial charge in [0.2, 0.25) is 5.91 Å².